The minimum atomic E-state index is -5.08. The van der Waals surface area contributed by atoms with E-state index in [1.54, 1.807) is 17.3 Å². The van der Waals surface area contributed by atoms with Gasteiger partial charge < -0.3 is 14.9 Å². The van der Waals surface area contributed by atoms with Crippen molar-refractivity contribution in [3.05, 3.63) is 53.9 Å². The lowest BCUT2D eigenvalue weighted by Gasteiger charge is -2.45. The van der Waals surface area contributed by atoms with E-state index in [-0.39, 0.29) is 11.9 Å². The first-order valence-electron chi connectivity index (χ1n) is 11.3. The Morgan fingerprint density at radius 3 is 2.37 bits per heavy atom. The molecule has 2 aliphatic heterocycles. The Bertz CT molecular complexity index is 1030. The van der Waals surface area contributed by atoms with E-state index in [4.69, 9.17) is 9.90 Å². The van der Waals surface area contributed by atoms with Crippen molar-refractivity contribution in [3.63, 3.8) is 0 Å². The van der Waals surface area contributed by atoms with Crippen LogP contribution in [-0.4, -0.2) is 82.7 Å². The van der Waals surface area contributed by atoms with Gasteiger partial charge in [0.25, 0.3) is 0 Å². The van der Waals surface area contributed by atoms with E-state index in [0.29, 0.717) is 0 Å². The normalized spacial score (nSPS) is 22.1. The van der Waals surface area contributed by atoms with Gasteiger partial charge in [-0.1, -0.05) is 24.3 Å². The average Bonchev–Trinajstić information content (AvgIpc) is 3.19. The number of rotatable bonds is 4. The van der Waals surface area contributed by atoms with Crippen LogP contribution in [-0.2, 0) is 16.1 Å². The molecular weight excluding hydrogens is 463 g/mol. The molecule has 35 heavy (non-hydrogen) atoms. The van der Waals surface area contributed by atoms with Crippen molar-refractivity contribution in [2.75, 3.05) is 38.6 Å². The van der Waals surface area contributed by atoms with E-state index in [2.05, 4.69) is 51.0 Å². The number of benzene rings is 1. The van der Waals surface area contributed by atoms with Crippen molar-refractivity contribution in [2.24, 2.45) is 5.41 Å². The maximum absolute atomic E-state index is 13.4. The second kappa shape index (κ2) is 10.6. The van der Waals surface area contributed by atoms with Gasteiger partial charge in [0.2, 0.25) is 11.9 Å². The first kappa shape index (κ1) is 26.4. The lowest BCUT2D eigenvalue weighted by atomic mass is 9.74. The Morgan fingerprint density at radius 2 is 1.80 bits per heavy atom. The molecule has 11 heteroatoms. The Morgan fingerprint density at radius 1 is 1.17 bits per heavy atom. The van der Waals surface area contributed by atoms with Crippen LogP contribution in [0.15, 0.2) is 42.7 Å². The molecule has 190 valence electrons. The van der Waals surface area contributed by atoms with Gasteiger partial charge in [-0.3, -0.25) is 9.69 Å². The van der Waals surface area contributed by atoms with Crippen LogP contribution in [0, 0.1) is 12.3 Å². The quantitative estimate of drug-likeness (QED) is 0.701. The van der Waals surface area contributed by atoms with Crippen molar-refractivity contribution < 1.29 is 27.9 Å². The van der Waals surface area contributed by atoms with Crippen LogP contribution in [0.3, 0.4) is 0 Å². The fourth-order valence-electron chi connectivity index (χ4n) is 4.94. The van der Waals surface area contributed by atoms with E-state index < -0.39 is 17.6 Å². The number of nitrogens with zero attached hydrogens (tertiary/aromatic N) is 5. The Balaban J connectivity index is 0.000000429. The van der Waals surface area contributed by atoms with Gasteiger partial charge in [-0.2, -0.15) is 13.2 Å². The highest BCUT2D eigenvalue weighted by Crippen LogP contribution is 2.44. The van der Waals surface area contributed by atoms with Gasteiger partial charge in [-0.15, -0.1) is 0 Å². The predicted octanol–water partition coefficient (Wildman–Crippen LogP) is 2.98. The monoisotopic (exact) mass is 493 g/mol. The minimum absolute atomic E-state index is 0.0996. The number of aromatic nitrogens is 2. The van der Waals surface area contributed by atoms with Crippen LogP contribution in [0.2, 0.25) is 0 Å². The lowest BCUT2D eigenvalue weighted by Crippen LogP contribution is -2.58. The summed E-state index contributed by atoms with van der Waals surface area (Å²) in [5.41, 5.74) is 2.23. The number of fused-ring (bicyclic) bond motifs is 1. The number of carboxylic acid groups (broad SMARTS) is 1. The van der Waals surface area contributed by atoms with E-state index in [0.717, 1.165) is 45.0 Å². The van der Waals surface area contributed by atoms with Gasteiger partial charge >= 0.3 is 12.1 Å². The molecule has 1 aromatic heterocycles. The number of piperidine rings is 1. The molecule has 2 saturated heterocycles. The molecule has 0 unspecified atom stereocenters. The molecule has 0 spiro atoms. The summed E-state index contributed by atoms with van der Waals surface area (Å²) in [7, 11) is 3.74. The smallest absolute Gasteiger partial charge is 0.475 e. The maximum atomic E-state index is 13.4. The highest BCUT2D eigenvalue weighted by Gasteiger charge is 2.56. The number of alkyl halides is 3. The summed E-state index contributed by atoms with van der Waals surface area (Å²) in [6, 6.07) is 10.5. The van der Waals surface area contributed by atoms with Crippen LogP contribution < -0.4 is 4.90 Å². The molecule has 3 heterocycles. The zero-order chi connectivity index (χ0) is 25.8. The highest BCUT2D eigenvalue weighted by molar-refractivity contribution is 5.85. The SMILES string of the molecule is Cc1ccccc1CN1C[C@H]2N(c3ncccn3)CCC[C@@]2(C(=O)N(C)C)C1.O=C(O)C(F)(F)F. The number of aryl methyl sites for hydroxylation is 1. The molecule has 0 aliphatic carbocycles. The molecule has 2 aliphatic rings. The predicted molar refractivity (Wildman–Crippen MR) is 124 cm³/mol. The molecule has 2 fully saturated rings. The number of anilines is 1. The van der Waals surface area contributed by atoms with Gasteiger partial charge in [0.05, 0.1) is 11.5 Å². The number of carbonyl (C=O) groups is 2. The molecule has 0 radical (unpaired) electrons. The van der Waals surface area contributed by atoms with Crippen LogP contribution in [0.5, 0.6) is 0 Å². The van der Waals surface area contributed by atoms with Crippen LogP contribution in [0.4, 0.5) is 19.1 Å². The number of aliphatic carboxylic acids is 1. The first-order chi connectivity index (χ1) is 16.5. The summed E-state index contributed by atoms with van der Waals surface area (Å²) in [5, 5.41) is 7.12. The van der Waals surface area contributed by atoms with Crippen molar-refractivity contribution in [3.8, 4) is 0 Å². The summed E-state index contributed by atoms with van der Waals surface area (Å²) in [4.78, 5) is 37.7. The van der Waals surface area contributed by atoms with Crippen molar-refractivity contribution >= 4 is 17.8 Å². The molecule has 1 aromatic carbocycles. The Labute approximate surface area is 202 Å². The first-order valence-corrected chi connectivity index (χ1v) is 11.3. The standard InChI is InChI=1S/C22H29N5O.C2HF3O2/c1-17-8-4-5-9-18(17)14-26-15-19-22(16-26,20(28)25(2)3)10-6-13-27(19)21-23-11-7-12-24-21;3-2(4,5)1(6)7/h4-5,7-9,11-12,19H,6,10,13-16H2,1-3H3;(H,6,7)/t19-,22-;/m1./s1. The van der Waals surface area contributed by atoms with Gasteiger partial charge in [0, 0.05) is 52.7 Å². The lowest BCUT2D eigenvalue weighted by molar-refractivity contribution is -0.192. The number of likely N-dealkylation sites (tertiary alicyclic amines) is 1. The third-order valence-electron chi connectivity index (χ3n) is 6.51. The third-order valence-corrected chi connectivity index (χ3v) is 6.51. The van der Waals surface area contributed by atoms with Gasteiger partial charge in [0.1, 0.15) is 0 Å². The summed E-state index contributed by atoms with van der Waals surface area (Å²) in [6.07, 6.45) is 0.383. The zero-order valence-corrected chi connectivity index (χ0v) is 20.0. The number of amides is 1. The Hall–Kier alpha value is -3.21. The molecule has 1 N–H and O–H groups in total. The fraction of sp³-hybridized carbons (Fsp3) is 0.500. The highest BCUT2D eigenvalue weighted by atomic mass is 19.4. The molecule has 4 rings (SSSR count). The summed E-state index contributed by atoms with van der Waals surface area (Å²) in [6.45, 7) is 5.56. The van der Waals surface area contributed by atoms with Crippen LogP contribution in [0.1, 0.15) is 24.0 Å². The van der Waals surface area contributed by atoms with E-state index in [1.165, 1.54) is 11.1 Å². The summed E-state index contributed by atoms with van der Waals surface area (Å²) >= 11 is 0. The van der Waals surface area contributed by atoms with Gasteiger partial charge in [-0.25, -0.2) is 14.8 Å². The molecule has 2 atom stereocenters. The van der Waals surface area contributed by atoms with Gasteiger partial charge in [-0.05, 0) is 37.0 Å². The van der Waals surface area contributed by atoms with Crippen molar-refractivity contribution in [2.45, 2.75) is 38.5 Å². The molecule has 8 nitrogen and oxygen atoms in total. The molecule has 2 aromatic rings. The topological polar surface area (TPSA) is 89.9 Å². The second-order valence-corrected chi connectivity index (χ2v) is 9.12. The van der Waals surface area contributed by atoms with E-state index in [9.17, 15) is 18.0 Å². The maximum Gasteiger partial charge on any atom is 0.490 e. The summed E-state index contributed by atoms with van der Waals surface area (Å²) < 4.78 is 31.7. The zero-order valence-electron chi connectivity index (χ0n) is 20.0. The van der Waals surface area contributed by atoms with E-state index >= 15 is 0 Å². The number of halogens is 3. The average molecular weight is 494 g/mol. The Kier molecular flexibility index (Phi) is 7.99. The van der Waals surface area contributed by atoms with Gasteiger partial charge in [0.15, 0.2) is 0 Å². The summed E-state index contributed by atoms with van der Waals surface area (Å²) in [5.74, 6) is -1.79. The minimum Gasteiger partial charge on any atom is -0.475 e. The third kappa shape index (κ3) is 5.90. The number of hydrogen-bond acceptors (Lipinski definition) is 6. The van der Waals surface area contributed by atoms with Crippen molar-refractivity contribution in [1.29, 1.82) is 0 Å². The fourth-order valence-corrected chi connectivity index (χ4v) is 4.94. The van der Waals surface area contributed by atoms with E-state index in [1.807, 2.05) is 20.2 Å². The van der Waals surface area contributed by atoms with Crippen LogP contribution >= 0.6 is 0 Å². The molecule has 0 bridgehead atoms. The number of carboxylic acids is 1. The number of hydrogen-bond donors (Lipinski definition) is 1. The number of carbonyl (C=O) groups excluding carboxylic acids is 1. The van der Waals surface area contributed by atoms with Crippen LogP contribution in [0.25, 0.3) is 0 Å². The second-order valence-electron chi connectivity index (χ2n) is 9.12. The molecule has 0 saturated carbocycles. The van der Waals surface area contributed by atoms with Crippen molar-refractivity contribution in [1.82, 2.24) is 19.8 Å². The largest absolute Gasteiger partial charge is 0.490 e. The molecule has 1 amide bonds. The molecular formula is C24H30F3N5O3.